The van der Waals surface area contributed by atoms with Crippen molar-refractivity contribution in [1.82, 2.24) is 10.2 Å². The van der Waals surface area contributed by atoms with E-state index in [0.29, 0.717) is 6.04 Å². The average molecular weight is 203 g/mol. The van der Waals surface area contributed by atoms with Gasteiger partial charge in [0.25, 0.3) is 0 Å². The Hall–Kier alpha value is -1.06. The van der Waals surface area contributed by atoms with Crippen molar-refractivity contribution in [3.8, 4) is 0 Å². The van der Waals surface area contributed by atoms with Gasteiger partial charge in [-0.2, -0.15) is 0 Å². The van der Waals surface area contributed by atoms with E-state index in [1.165, 1.54) is 12.0 Å². The van der Waals surface area contributed by atoms with Crippen LogP contribution < -0.4 is 11.1 Å². The van der Waals surface area contributed by atoms with Crippen LogP contribution in [0.25, 0.3) is 0 Å². The van der Waals surface area contributed by atoms with Gasteiger partial charge in [0.05, 0.1) is 5.54 Å². The van der Waals surface area contributed by atoms with Crippen LogP contribution in [0.4, 0.5) is 5.69 Å². The van der Waals surface area contributed by atoms with Gasteiger partial charge in [-0.3, -0.25) is 4.90 Å². The normalized spacial score (nSPS) is 34.9. The largest absolute Gasteiger partial charge is 0.399 e. The fourth-order valence-electron chi connectivity index (χ4n) is 2.96. The van der Waals surface area contributed by atoms with Crippen LogP contribution in [0.2, 0.25) is 0 Å². The van der Waals surface area contributed by atoms with E-state index >= 15 is 0 Å². The molecular weight excluding hydrogens is 186 g/mol. The van der Waals surface area contributed by atoms with E-state index in [2.05, 4.69) is 29.4 Å². The number of nitrogens with one attached hydrogen (secondary N) is 1. The number of anilines is 1. The topological polar surface area (TPSA) is 41.3 Å². The highest BCUT2D eigenvalue weighted by Gasteiger charge is 2.48. The molecule has 1 aromatic carbocycles. The molecule has 1 aromatic rings. The minimum absolute atomic E-state index is 0.188. The van der Waals surface area contributed by atoms with Gasteiger partial charge in [-0.05, 0) is 31.2 Å². The molecular formula is C12H17N3. The van der Waals surface area contributed by atoms with Crippen molar-refractivity contribution in [2.24, 2.45) is 0 Å². The second-order valence-corrected chi connectivity index (χ2v) is 4.86. The van der Waals surface area contributed by atoms with Gasteiger partial charge in [0.2, 0.25) is 0 Å². The number of nitrogens with zero attached hydrogens (tertiary/aromatic N) is 1. The first kappa shape index (κ1) is 9.19. The number of benzene rings is 1. The van der Waals surface area contributed by atoms with Crippen molar-refractivity contribution in [1.29, 1.82) is 0 Å². The van der Waals surface area contributed by atoms with Crippen LogP contribution in [0.3, 0.4) is 0 Å². The SMILES string of the molecule is CN1CC2(c3ccc(N)cc3)CC1CN2. The summed E-state index contributed by atoms with van der Waals surface area (Å²) in [4.78, 5) is 2.45. The molecule has 2 unspecified atom stereocenters. The molecule has 2 saturated heterocycles. The van der Waals surface area contributed by atoms with Crippen LogP contribution >= 0.6 is 0 Å². The number of likely N-dealkylation sites (N-methyl/N-ethyl adjacent to an activating group) is 1. The van der Waals surface area contributed by atoms with Crippen LogP contribution in [-0.2, 0) is 5.54 Å². The minimum atomic E-state index is 0.188. The lowest BCUT2D eigenvalue weighted by atomic mass is 9.90. The Balaban J connectivity index is 1.97. The van der Waals surface area contributed by atoms with E-state index in [0.717, 1.165) is 18.8 Å². The molecule has 80 valence electrons. The number of piperazine rings is 1. The van der Waals surface area contributed by atoms with Gasteiger partial charge in [0, 0.05) is 24.8 Å². The van der Waals surface area contributed by atoms with E-state index in [-0.39, 0.29) is 5.54 Å². The molecule has 2 bridgehead atoms. The van der Waals surface area contributed by atoms with Crippen LogP contribution in [0.15, 0.2) is 24.3 Å². The molecule has 0 saturated carbocycles. The highest BCUT2D eigenvalue weighted by atomic mass is 15.3. The zero-order valence-corrected chi connectivity index (χ0v) is 9.03. The number of hydrogen-bond donors (Lipinski definition) is 2. The first-order valence-corrected chi connectivity index (χ1v) is 5.51. The van der Waals surface area contributed by atoms with Crippen molar-refractivity contribution in [3.05, 3.63) is 29.8 Å². The smallest absolute Gasteiger partial charge is 0.0579 e. The third kappa shape index (κ3) is 1.27. The lowest BCUT2D eigenvalue weighted by molar-refractivity contribution is 0.237. The summed E-state index contributed by atoms with van der Waals surface area (Å²) in [6, 6.07) is 9.02. The summed E-state index contributed by atoms with van der Waals surface area (Å²) in [6.07, 6.45) is 1.23. The molecule has 3 heteroatoms. The summed E-state index contributed by atoms with van der Waals surface area (Å²) in [5, 5.41) is 3.65. The van der Waals surface area contributed by atoms with E-state index in [1.807, 2.05) is 12.1 Å². The van der Waals surface area contributed by atoms with Crippen molar-refractivity contribution in [2.75, 3.05) is 25.9 Å². The fraction of sp³-hybridized carbons (Fsp3) is 0.500. The molecule has 0 amide bonds. The molecule has 3 nitrogen and oxygen atoms in total. The first-order chi connectivity index (χ1) is 7.20. The van der Waals surface area contributed by atoms with Gasteiger partial charge >= 0.3 is 0 Å². The average Bonchev–Trinajstić information content (AvgIpc) is 2.76. The molecule has 0 aromatic heterocycles. The number of hydrogen-bond acceptors (Lipinski definition) is 3. The highest BCUT2D eigenvalue weighted by molar-refractivity contribution is 5.42. The van der Waals surface area contributed by atoms with Crippen molar-refractivity contribution >= 4 is 5.69 Å². The number of nitrogen functional groups attached to an aromatic ring is 1. The lowest BCUT2D eigenvalue weighted by Crippen LogP contribution is -2.48. The number of rotatable bonds is 1. The maximum atomic E-state index is 5.72. The highest BCUT2D eigenvalue weighted by Crippen LogP contribution is 2.39. The van der Waals surface area contributed by atoms with Crippen LogP contribution in [0.1, 0.15) is 12.0 Å². The van der Waals surface area contributed by atoms with Crippen LogP contribution in [0.5, 0.6) is 0 Å². The predicted molar refractivity (Wildman–Crippen MR) is 61.6 cm³/mol. The maximum Gasteiger partial charge on any atom is 0.0579 e. The molecule has 2 aliphatic rings. The summed E-state index contributed by atoms with van der Waals surface area (Å²) in [5.41, 5.74) is 8.13. The lowest BCUT2D eigenvalue weighted by Gasteiger charge is -2.32. The molecule has 3 rings (SSSR count). The van der Waals surface area contributed by atoms with E-state index in [1.54, 1.807) is 0 Å². The second kappa shape index (κ2) is 2.97. The Kier molecular flexibility index (Phi) is 1.82. The Morgan fingerprint density at radius 3 is 2.67 bits per heavy atom. The molecule has 0 spiro atoms. The molecule has 0 radical (unpaired) electrons. The third-order valence-corrected chi connectivity index (χ3v) is 3.87. The standard InChI is InChI=1S/C12H17N3/c1-15-8-12(6-11(15)7-14-12)9-2-4-10(13)5-3-9/h2-5,11,14H,6-8,13H2,1H3. The quantitative estimate of drug-likeness (QED) is 0.662. The molecule has 2 fully saturated rings. The Labute approximate surface area is 90.3 Å². The molecule has 15 heavy (non-hydrogen) atoms. The summed E-state index contributed by atoms with van der Waals surface area (Å²) < 4.78 is 0. The third-order valence-electron chi connectivity index (χ3n) is 3.87. The molecule has 2 atom stereocenters. The fourth-order valence-corrected chi connectivity index (χ4v) is 2.96. The summed E-state index contributed by atoms with van der Waals surface area (Å²) in [6.45, 7) is 2.22. The maximum absolute atomic E-state index is 5.72. The molecule has 2 aliphatic heterocycles. The number of fused-ring (bicyclic) bond motifs is 2. The molecule has 0 aliphatic carbocycles. The van der Waals surface area contributed by atoms with Crippen molar-refractivity contribution in [2.45, 2.75) is 18.0 Å². The number of likely N-dealkylation sites (tertiary alicyclic amines) is 1. The molecule has 2 heterocycles. The Morgan fingerprint density at radius 2 is 2.13 bits per heavy atom. The zero-order valence-electron chi connectivity index (χ0n) is 9.03. The summed E-state index contributed by atoms with van der Waals surface area (Å²) in [7, 11) is 2.21. The predicted octanol–water partition coefficient (Wildman–Crippen LogP) is 0.771. The first-order valence-electron chi connectivity index (χ1n) is 5.51. The summed E-state index contributed by atoms with van der Waals surface area (Å²) in [5.74, 6) is 0. The van der Waals surface area contributed by atoms with E-state index in [9.17, 15) is 0 Å². The minimum Gasteiger partial charge on any atom is -0.399 e. The van der Waals surface area contributed by atoms with Crippen molar-refractivity contribution in [3.63, 3.8) is 0 Å². The van der Waals surface area contributed by atoms with Crippen LogP contribution in [-0.4, -0.2) is 31.1 Å². The van der Waals surface area contributed by atoms with E-state index < -0.39 is 0 Å². The van der Waals surface area contributed by atoms with Crippen molar-refractivity contribution < 1.29 is 0 Å². The van der Waals surface area contributed by atoms with Gasteiger partial charge < -0.3 is 11.1 Å². The zero-order chi connectivity index (χ0) is 10.5. The summed E-state index contributed by atoms with van der Waals surface area (Å²) >= 11 is 0. The second-order valence-electron chi connectivity index (χ2n) is 4.86. The van der Waals surface area contributed by atoms with Crippen LogP contribution in [0, 0.1) is 0 Å². The van der Waals surface area contributed by atoms with Gasteiger partial charge in [-0.25, -0.2) is 0 Å². The monoisotopic (exact) mass is 203 g/mol. The van der Waals surface area contributed by atoms with Gasteiger partial charge in [-0.1, -0.05) is 12.1 Å². The van der Waals surface area contributed by atoms with Gasteiger partial charge in [0.15, 0.2) is 0 Å². The molecule has 3 N–H and O–H groups in total. The van der Waals surface area contributed by atoms with Gasteiger partial charge in [0.1, 0.15) is 0 Å². The Morgan fingerprint density at radius 1 is 1.40 bits per heavy atom. The Bertz CT molecular complexity index is 369. The van der Waals surface area contributed by atoms with E-state index in [4.69, 9.17) is 5.73 Å². The van der Waals surface area contributed by atoms with Gasteiger partial charge in [-0.15, -0.1) is 0 Å². The number of nitrogens with two attached hydrogens (primary N) is 1.